The molecule has 1 fully saturated rings. The molecule has 0 aliphatic heterocycles. The van der Waals surface area contributed by atoms with Crippen molar-refractivity contribution < 1.29 is 4.74 Å². The highest BCUT2D eigenvalue weighted by atomic mass is 32.1. The molecule has 0 spiro atoms. The van der Waals surface area contributed by atoms with Gasteiger partial charge in [0.2, 0.25) is 0 Å². The van der Waals surface area contributed by atoms with Crippen molar-refractivity contribution in [2.45, 2.75) is 64.2 Å². The van der Waals surface area contributed by atoms with Crippen LogP contribution in [0.5, 0.6) is 0 Å². The van der Waals surface area contributed by atoms with E-state index in [0.29, 0.717) is 6.61 Å². The van der Waals surface area contributed by atoms with Gasteiger partial charge in [-0.2, -0.15) is 0 Å². The van der Waals surface area contributed by atoms with E-state index in [0.717, 1.165) is 25.0 Å². The molecule has 0 bridgehead atoms. The van der Waals surface area contributed by atoms with Gasteiger partial charge < -0.3 is 10.5 Å². The summed E-state index contributed by atoms with van der Waals surface area (Å²) in [5, 5.41) is 3.29. The number of hydrogen-bond acceptors (Lipinski definition) is 4. The fourth-order valence-corrected chi connectivity index (χ4v) is 3.01. The van der Waals surface area contributed by atoms with Gasteiger partial charge in [0, 0.05) is 11.4 Å². The summed E-state index contributed by atoms with van der Waals surface area (Å²) in [6.45, 7) is 2.75. The van der Waals surface area contributed by atoms with E-state index in [1.54, 1.807) is 11.3 Å². The minimum atomic E-state index is 0.210. The first-order valence-electron chi connectivity index (χ1n) is 6.60. The quantitative estimate of drug-likeness (QED) is 0.840. The van der Waals surface area contributed by atoms with Crippen LogP contribution in [0.4, 0.5) is 0 Å². The van der Waals surface area contributed by atoms with Crippen molar-refractivity contribution in [3.05, 3.63) is 16.1 Å². The largest absolute Gasteiger partial charge is 0.370 e. The second kappa shape index (κ2) is 6.47. The number of hydrogen-bond donors (Lipinski definition) is 1. The molecule has 0 radical (unpaired) electrons. The maximum atomic E-state index is 6.13. The first kappa shape index (κ1) is 13.0. The molecule has 1 aliphatic rings. The third-order valence-corrected chi connectivity index (χ3v) is 4.39. The first-order valence-corrected chi connectivity index (χ1v) is 7.48. The van der Waals surface area contributed by atoms with Gasteiger partial charge in [0.15, 0.2) is 0 Å². The van der Waals surface area contributed by atoms with E-state index in [2.05, 4.69) is 17.3 Å². The van der Waals surface area contributed by atoms with Gasteiger partial charge in [-0.1, -0.05) is 26.2 Å². The first-order chi connectivity index (χ1) is 8.29. The molecule has 0 aromatic carbocycles. The second-order valence-electron chi connectivity index (χ2n) is 4.74. The van der Waals surface area contributed by atoms with Crippen LogP contribution >= 0.6 is 11.3 Å². The van der Waals surface area contributed by atoms with E-state index in [1.165, 1.54) is 24.3 Å². The van der Waals surface area contributed by atoms with Crippen molar-refractivity contribution >= 4 is 11.3 Å². The Kier molecular flexibility index (Phi) is 4.95. The van der Waals surface area contributed by atoms with Crippen LogP contribution in [0.25, 0.3) is 0 Å². The van der Waals surface area contributed by atoms with Gasteiger partial charge in [0.25, 0.3) is 0 Å². The summed E-state index contributed by atoms with van der Waals surface area (Å²) >= 11 is 1.72. The summed E-state index contributed by atoms with van der Waals surface area (Å²) in [6.07, 6.45) is 7.23. The Morgan fingerprint density at radius 1 is 1.41 bits per heavy atom. The van der Waals surface area contributed by atoms with Gasteiger partial charge in [0.1, 0.15) is 0 Å². The van der Waals surface area contributed by atoms with E-state index < -0.39 is 0 Å². The molecule has 1 aromatic rings. The van der Waals surface area contributed by atoms with Crippen LogP contribution in [0, 0.1) is 0 Å². The lowest BCUT2D eigenvalue weighted by Gasteiger charge is -2.21. The lowest BCUT2D eigenvalue weighted by Crippen LogP contribution is -2.35. The number of thiazole rings is 1. The van der Waals surface area contributed by atoms with Gasteiger partial charge in [0.05, 0.1) is 23.4 Å². The zero-order valence-corrected chi connectivity index (χ0v) is 11.3. The van der Waals surface area contributed by atoms with Crippen LogP contribution in [0.3, 0.4) is 0 Å². The lowest BCUT2D eigenvalue weighted by molar-refractivity contribution is 0.0180. The molecule has 2 atom stereocenters. The summed E-state index contributed by atoms with van der Waals surface area (Å²) < 4.78 is 5.94. The molecular weight excluding hydrogens is 232 g/mol. The van der Waals surface area contributed by atoms with Gasteiger partial charge in [-0.15, -0.1) is 11.3 Å². The molecule has 2 unspecified atom stereocenters. The number of nitrogens with zero attached hydrogens (tertiary/aromatic N) is 1. The number of nitrogens with two attached hydrogens (primary N) is 1. The third kappa shape index (κ3) is 3.76. The van der Waals surface area contributed by atoms with Crippen molar-refractivity contribution in [2.24, 2.45) is 5.73 Å². The van der Waals surface area contributed by atoms with Crippen molar-refractivity contribution in [2.75, 3.05) is 0 Å². The highest BCUT2D eigenvalue weighted by Crippen LogP contribution is 2.21. The maximum Gasteiger partial charge on any atom is 0.0926 e. The molecule has 1 heterocycles. The van der Waals surface area contributed by atoms with Crippen molar-refractivity contribution in [1.82, 2.24) is 4.98 Å². The molecule has 0 saturated heterocycles. The Morgan fingerprint density at radius 3 is 3.00 bits per heavy atom. The SMILES string of the molecule is CCc1nc(COC2CCCCCC2N)cs1. The Bertz CT molecular complexity index is 340. The molecule has 17 heavy (non-hydrogen) atoms. The van der Waals surface area contributed by atoms with Gasteiger partial charge >= 0.3 is 0 Å². The Hall–Kier alpha value is -0.450. The molecule has 0 amide bonds. The summed E-state index contributed by atoms with van der Waals surface area (Å²) in [4.78, 5) is 4.51. The molecule has 3 nitrogen and oxygen atoms in total. The zero-order chi connectivity index (χ0) is 12.1. The molecule has 1 aromatic heterocycles. The van der Waals surface area contributed by atoms with Crippen LogP contribution in [-0.2, 0) is 17.8 Å². The minimum Gasteiger partial charge on any atom is -0.370 e. The molecule has 1 aliphatic carbocycles. The number of ether oxygens (including phenoxy) is 1. The van der Waals surface area contributed by atoms with Gasteiger partial charge in [-0.3, -0.25) is 0 Å². The van der Waals surface area contributed by atoms with Crippen LogP contribution in [-0.4, -0.2) is 17.1 Å². The van der Waals surface area contributed by atoms with Gasteiger partial charge in [-0.05, 0) is 19.3 Å². The number of rotatable bonds is 4. The Morgan fingerprint density at radius 2 is 2.24 bits per heavy atom. The average Bonchev–Trinajstić information content (AvgIpc) is 2.70. The highest BCUT2D eigenvalue weighted by molar-refractivity contribution is 7.09. The van der Waals surface area contributed by atoms with E-state index in [1.807, 2.05) is 0 Å². The fourth-order valence-electron chi connectivity index (χ4n) is 2.28. The normalized spacial score (nSPS) is 25.8. The van der Waals surface area contributed by atoms with Gasteiger partial charge in [-0.25, -0.2) is 4.98 Å². The van der Waals surface area contributed by atoms with Crippen LogP contribution in [0.2, 0.25) is 0 Å². The van der Waals surface area contributed by atoms with Crippen molar-refractivity contribution in [3.8, 4) is 0 Å². The van der Waals surface area contributed by atoms with Crippen LogP contribution < -0.4 is 5.73 Å². The Balaban J connectivity index is 1.83. The number of aryl methyl sites for hydroxylation is 1. The smallest absolute Gasteiger partial charge is 0.0926 e. The Labute approximate surface area is 107 Å². The second-order valence-corrected chi connectivity index (χ2v) is 5.68. The number of aromatic nitrogens is 1. The van der Waals surface area contributed by atoms with Crippen LogP contribution in [0.15, 0.2) is 5.38 Å². The standard InChI is InChI=1S/C13H22N2OS/c1-2-13-15-10(9-17-13)8-16-12-7-5-3-4-6-11(12)14/h9,11-12H,2-8,14H2,1H3. The summed E-state index contributed by atoms with van der Waals surface area (Å²) in [7, 11) is 0. The third-order valence-electron chi connectivity index (χ3n) is 3.35. The predicted octanol–water partition coefficient (Wildman–Crippen LogP) is 2.88. The monoisotopic (exact) mass is 254 g/mol. The highest BCUT2D eigenvalue weighted by Gasteiger charge is 2.21. The minimum absolute atomic E-state index is 0.210. The van der Waals surface area contributed by atoms with E-state index >= 15 is 0 Å². The summed E-state index contributed by atoms with van der Waals surface area (Å²) in [5.74, 6) is 0. The topological polar surface area (TPSA) is 48.1 Å². The molecule has 96 valence electrons. The van der Waals surface area contributed by atoms with E-state index in [9.17, 15) is 0 Å². The lowest BCUT2D eigenvalue weighted by atomic mass is 10.1. The van der Waals surface area contributed by atoms with Crippen molar-refractivity contribution in [3.63, 3.8) is 0 Å². The average molecular weight is 254 g/mol. The molecule has 2 N–H and O–H groups in total. The maximum absolute atomic E-state index is 6.13. The molecule has 4 heteroatoms. The zero-order valence-electron chi connectivity index (χ0n) is 10.5. The van der Waals surface area contributed by atoms with Crippen LogP contribution in [0.1, 0.15) is 49.7 Å². The van der Waals surface area contributed by atoms with E-state index in [4.69, 9.17) is 10.5 Å². The molecule has 2 rings (SSSR count). The summed E-state index contributed by atoms with van der Waals surface area (Å²) in [5.41, 5.74) is 7.19. The predicted molar refractivity (Wildman–Crippen MR) is 71.1 cm³/mol. The van der Waals surface area contributed by atoms with E-state index in [-0.39, 0.29) is 12.1 Å². The van der Waals surface area contributed by atoms with Crippen molar-refractivity contribution in [1.29, 1.82) is 0 Å². The molecular formula is C13H22N2OS. The fraction of sp³-hybridized carbons (Fsp3) is 0.769. The summed E-state index contributed by atoms with van der Waals surface area (Å²) in [6, 6.07) is 0.210. The molecule has 1 saturated carbocycles.